The van der Waals surface area contributed by atoms with Crippen molar-refractivity contribution in [3.8, 4) is 23.3 Å². The lowest BCUT2D eigenvalue weighted by atomic mass is 9.99. The van der Waals surface area contributed by atoms with E-state index in [0.29, 0.717) is 54.8 Å². The summed E-state index contributed by atoms with van der Waals surface area (Å²) < 4.78 is 16.2. The number of fused-ring (bicyclic) bond motifs is 1. The minimum Gasteiger partial charge on any atom is -0.481 e. The number of ether oxygens (including phenoxy) is 2. The monoisotopic (exact) mass is 521 g/mol. The maximum atomic E-state index is 14.0. The second-order valence-corrected chi connectivity index (χ2v) is 9.50. The summed E-state index contributed by atoms with van der Waals surface area (Å²) in [5.74, 6) is 0.391. The Hall–Kier alpha value is -4.09. The molecule has 1 saturated heterocycles. The molecule has 200 valence electrons. The van der Waals surface area contributed by atoms with Crippen LogP contribution in [0.2, 0.25) is 0 Å². The van der Waals surface area contributed by atoms with Gasteiger partial charge in [0.05, 0.1) is 26.3 Å². The minimum absolute atomic E-state index is 0.0642. The Bertz CT molecular complexity index is 1270. The number of amides is 2. The maximum Gasteiger partial charge on any atom is 0.259 e. The van der Waals surface area contributed by atoms with Crippen molar-refractivity contribution in [3.63, 3.8) is 0 Å². The van der Waals surface area contributed by atoms with Gasteiger partial charge in [-0.25, -0.2) is 4.98 Å². The molecular weight excluding hydrogens is 490 g/mol. The maximum absolute atomic E-state index is 14.0. The summed E-state index contributed by atoms with van der Waals surface area (Å²) in [4.78, 5) is 46.3. The number of rotatable bonds is 5. The van der Waals surface area contributed by atoms with Gasteiger partial charge in [-0.15, -0.1) is 0 Å². The largest absolute Gasteiger partial charge is 0.481 e. The highest BCUT2D eigenvalue weighted by Gasteiger charge is 2.46. The number of pyridine rings is 1. The predicted molar refractivity (Wildman–Crippen MR) is 134 cm³/mol. The molecule has 5 rings (SSSR count). The van der Waals surface area contributed by atoms with Crippen molar-refractivity contribution in [2.75, 3.05) is 27.3 Å². The zero-order chi connectivity index (χ0) is 26.5. The second kappa shape index (κ2) is 11.5. The number of nitrogens with zero attached hydrogens (tertiary/aromatic N) is 6. The number of hydrogen-bond acceptors (Lipinski definition) is 10. The summed E-state index contributed by atoms with van der Waals surface area (Å²) in [6.45, 7) is 1.14. The number of carbonyl (C=O) groups is 2. The van der Waals surface area contributed by atoms with Crippen LogP contribution in [0.5, 0.6) is 11.8 Å². The molecule has 2 fully saturated rings. The molecule has 12 nitrogen and oxygen atoms in total. The predicted octanol–water partition coefficient (Wildman–Crippen LogP) is 2.63. The molecular formula is C26H31N7O5. The van der Waals surface area contributed by atoms with Gasteiger partial charge in [0, 0.05) is 43.5 Å². The molecule has 0 unspecified atom stereocenters. The van der Waals surface area contributed by atoms with E-state index in [-0.39, 0.29) is 29.7 Å². The van der Waals surface area contributed by atoms with Gasteiger partial charge in [-0.2, -0.15) is 9.97 Å². The fourth-order valence-electron chi connectivity index (χ4n) is 5.29. The quantitative estimate of drug-likeness (QED) is 0.532. The zero-order valence-electron chi connectivity index (χ0n) is 21.5. The Balaban J connectivity index is 1.46. The highest BCUT2D eigenvalue weighted by atomic mass is 16.5. The lowest BCUT2D eigenvalue weighted by Crippen LogP contribution is -2.47. The highest BCUT2D eigenvalue weighted by Crippen LogP contribution is 2.42. The fourth-order valence-corrected chi connectivity index (χ4v) is 5.29. The third-order valence-electron chi connectivity index (χ3n) is 7.20. The van der Waals surface area contributed by atoms with Gasteiger partial charge < -0.3 is 24.2 Å². The first-order valence-corrected chi connectivity index (χ1v) is 12.9. The van der Waals surface area contributed by atoms with E-state index in [0.717, 1.165) is 25.7 Å². The SMILES string of the molecule is COc1ccc(C(=O)N2CCCCCCNC(=O)[C@@H]3C[C@@H](c4nc(-c5cnccn5)no4)C[C@@H]32)c(OC)n1. The zero-order valence-corrected chi connectivity index (χ0v) is 21.5. The molecule has 2 amide bonds. The van der Waals surface area contributed by atoms with Crippen molar-refractivity contribution in [2.45, 2.75) is 50.5 Å². The van der Waals surface area contributed by atoms with Crippen molar-refractivity contribution in [1.82, 2.24) is 35.3 Å². The lowest BCUT2D eigenvalue weighted by molar-refractivity contribution is -0.126. The van der Waals surface area contributed by atoms with Crippen molar-refractivity contribution >= 4 is 11.8 Å². The van der Waals surface area contributed by atoms with Gasteiger partial charge in [-0.3, -0.25) is 14.6 Å². The number of hydrogen-bond donors (Lipinski definition) is 1. The summed E-state index contributed by atoms with van der Waals surface area (Å²) in [7, 11) is 2.98. The molecule has 3 aromatic rings. The Morgan fingerprint density at radius 1 is 1.08 bits per heavy atom. The molecule has 1 N–H and O–H groups in total. The second-order valence-electron chi connectivity index (χ2n) is 9.50. The first kappa shape index (κ1) is 25.6. The fraction of sp³-hybridized carbons (Fsp3) is 0.500. The van der Waals surface area contributed by atoms with Gasteiger partial charge in [0.1, 0.15) is 11.3 Å². The normalized spacial score (nSPS) is 22.2. The summed E-state index contributed by atoms with van der Waals surface area (Å²) in [5.41, 5.74) is 0.831. The van der Waals surface area contributed by atoms with Crippen molar-refractivity contribution in [1.29, 1.82) is 0 Å². The van der Waals surface area contributed by atoms with E-state index >= 15 is 0 Å². The lowest BCUT2D eigenvalue weighted by Gasteiger charge is -2.33. The van der Waals surface area contributed by atoms with E-state index in [4.69, 9.17) is 14.0 Å². The average Bonchev–Trinajstić information content (AvgIpc) is 3.62. The molecule has 0 spiro atoms. The summed E-state index contributed by atoms with van der Waals surface area (Å²) in [6.07, 6.45) is 9.38. The number of methoxy groups -OCH3 is 2. The highest BCUT2D eigenvalue weighted by molar-refractivity contribution is 5.97. The summed E-state index contributed by atoms with van der Waals surface area (Å²) in [6, 6.07) is 2.94. The topological polar surface area (TPSA) is 145 Å². The summed E-state index contributed by atoms with van der Waals surface area (Å²) in [5, 5.41) is 7.16. The first-order valence-electron chi connectivity index (χ1n) is 12.9. The Labute approximate surface area is 220 Å². The third-order valence-corrected chi connectivity index (χ3v) is 7.20. The molecule has 0 aromatic carbocycles. The van der Waals surface area contributed by atoms with Crippen LogP contribution in [0.15, 0.2) is 35.2 Å². The third kappa shape index (κ3) is 5.29. The van der Waals surface area contributed by atoms with Crippen LogP contribution >= 0.6 is 0 Å². The standard InChI is InChI=1S/C26H31N7O5/c1-36-21-8-7-17(25(30-21)37-2)26(35)33-12-6-4-3-5-9-29-23(34)18-13-16(14-20(18)33)24-31-22(32-38-24)19-15-27-10-11-28-19/h7-8,10-11,15-16,18,20H,3-6,9,12-14H2,1-2H3,(H,29,34)/t16-,18-,20+/m1/s1. The van der Waals surface area contributed by atoms with Gasteiger partial charge in [-0.1, -0.05) is 18.0 Å². The first-order chi connectivity index (χ1) is 18.6. The number of nitrogens with one attached hydrogen (secondary N) is 1. The Morgan fingerprint density at radius 3 is 2.74 bits per heavy atom. The molecule has 0 radical (unpaired) electrons. The van der Waals surface area contributed by atoms with E-state index < -0.39 is 5.92 Å². The Kier molecular flexibility index (Phi) is 7.75. The molecule has 2 aliphatic rings. The van der Waals surface area contributed by atoms with Crippen LogP contribution < -0.4 is 14.8 Å². The molecule has 4 heterocycles. The van der Waals surface area contributed by atoms with Crippen LogP contribution in [0, 0.1) is 5.92 Å². The van der Waals surface area contributed by atoms with E-state index in [1.54, 1.807) is 30.7 Å². The average molecular weight is 522 g/mol. The van der Waals surface area contributed by atoms with Crippen LogP contribution in [-0.2, 0) is 4.79 Å². The van der Waals surface area contributed by atoms with E-state index in [1.165, 1.54) is 14.2 Å². The molecule has 38 heavy (non-hydrogen) atoms. The smallest absolute Gasteiger partial charge is 0.259 e. The van der Waals surface area contributed by atoms with Gasteiger partial charge in [0.15, 0.2) is 0 Å². The van der Waals surface area contributed by atoms with Gasteiger partial charge in [0.25, 0.3) is 5.91 Å². The van der Waals surface area contributed by atoms with Crippen molar-refractivity contribution < 1.29 is 23.6 Å². The molecule has 1 aliphatic heterocycles. The molecule has 1 saturated carbocycles. The van der Waals surface area contributed by atoms with Gasteiger partial charge >= 0.3 is 0 Å². The van der Waals surface area contributed by atoms with Crippen LogP contribution in [0.4, 0.5) is 0 Å². The molecule has 3 aromatic heterocycles. The Morgan fingerprint density at radius 2 is 1.95 bits per heavy atom. The van der Waals surface area contributed by atoms with E-state index in [9.17, 15) is 9.59 Å². The van der Waals surface area contributed by atoms with Crippen molar-refractivity contribution in [3.05, 3.63) is 42.2 Å². The van der Waals surface area contributed by atoms with Gasteiger partial charge in [-0.05, 0) is 31.7 Å². The van der Waals surface area contributed by atoms with E-state index in [2.05, 4.69) is 30.4 Å². The van der Waals surface area contributed by atoms with E-state index in [1.807, 2.05) is 4.90 Å². The molecule has 3 atom stereocenters. The van der Waals surface area contributed by atoms with Crippen LogP contribution in [0.3, 0.4) is 0 Å². The van der Waals surface area contributed by atoms with Crippen LogP contribution in [0.1, 0.15) is 60.7 Å². The molecule has 1 aliphatic carbocycles. The molecule has 12 heteroatoms. The van der Waals surface area contributed by atoms with Crippen LogP contribution in [-0.4, -0.2) is 75.2 Å². The van der Waals surface area contributed by atoms with Gasteiger partial charge in [0.2, 0.25) is 29.4 Å². The minimum atomic E-state index is -0.425. The van der Waals surface area contributed by atoms with Crippen molar-refractivity contribution in [2.24, 2.45) is 5.92 Å². The molecule has 0 bridgehead atoms. The summed E-state index contributed by atoms with van der Waals surface area (Å²) >= 11 is 0. The van der Waals surface area contributed by atoms with Crippen LogP contribution in [0.25, 0.3) is 11.5 Å². The number of carbonyl (C=O) groups excluding carboxylic acids is 2. The number of aromatic nitrogens is 5.